The number of benzene rings is 1. The van der Waals surface area contributed by atoms with E-state index in [1.54, 1.807) is 26.2 Å². The predicted molar refractivity (Wildman–Crippen MR) is 86.4 cm³/mol. The van der Waals surface area contributed by atoms with Gasteiger partial charge in [0.05, 0.1) is 6.04 Å². The molecule has 0 aliphatic rings. The number of rotatable bonds is 5. The van der Waals surface area contributed by atoms with Crippen molar-refractivity contribution < 1.29 is 9.59 Å². The second kappa shape index (κ2) is 8.64. The third-order valence-corrected chi connectivity index (χ3v) is 3.09. The molecule has 0 unspecified atom stereocenters. The minimum absolute atomic E-state index is 0. The van der Waals surface area contributed by atoms with Gasteiger partial charge in [0.2, 0.25) is 5.91 Å². The lowest BCUT2D eigenvalue weighted by atomic mass is 10.0. The molecule has 2 amide bonds. The monoisotopic (exact) mass is 313 g/mol. The highest BCUT2D eigenvalue weighted by atomic mass is 35.5. The summed E-state index contributed by atoms with van der Waals surface area (Å²) in [5.41, 5.74) is 7.32. The summed E-state index contributed by atoms with van der Waals surface area (Å²) < 4.78 is 0. The summed E-state index contributed by atoms with van der Waals surface area (Å²) in [7, 11) is 3.42. The van der Waals surface area contributed by atoms with Crippen molar-refractivity contribution in [3.63, 3.8) is 0 Å². The van der Waals surface area contributed by atoms with Gasteiger partial charge in [-0.25, -0.2) is 0 Å². The maximum atomic E-state index is 11.7. The van der Waals surface area contributed by atoms with Crippen LogP contribution in [0.1, 0.15) is 29.8 Å². The summed E-state index contributed by atoms with van der Waals surface area (Å²) in [4.78, 5) is 25.0. The molecule has 6 heteroatoms. The lowest BCUT2D eigenvalue weighted by Gasteiger charge is -2.15. The van der Waals surface area contributed by atoms with E-state index >= 15 is 0 Å². The topological polar surface area (TPSA) is 75.4 Å². The first-order valence-corrected chi connectivity index (χ1v) is 6.66. The molecule has 0 aliphatic heterocycles. The van der Waals surface area contributed by atoms with E-state index in [1.165, 1.54) is 4.90 Å². The fourth-order valence-corrected chi connectivity index (χ4v) is 1.63. The van der Waals surface area contributed by atoms with E-state index in [4.69, 9.17) is 5.73 Å². The molecule has 1 atom stereocenters. The SMILES string of the molecule is CC(C)[C@H](N)C(=O)NCc1ccc(C(=O)N(C)C)cc1.Cl. The molecule has 1 aromatic rings. The van der Waals surface area contributed by atoms with Crippen molar-refractivity contribution in [2.24, 2.45) is 11.7 Å². The van der Waals surface area contributed by atoms with Gasteiger partial charge in [-0.15, -0.1) is 12.4 Å². The number of carbonyl (C=O) groups excluding carboxylic acids is 2. The Hall–Kier alpha value is -1.59. The minimum Gasteiger partial charge on any atom is -0.351 e. The van der Waals surface area contributed by atoms with Crippen molar-refractivity contribution in [2.45, 2.75) is 26.4 Å². The normalized spacial score (nSPS) is 11.5. The van der Waals surface area contributed by atoms with E-state index in [0.717, 1.165) is 5.56 Å². The molecule has 0 spiro atoms. The Bertz CT molecular complexity index is 472. The zero-order chi connectivity index (χ0) is 15.3. The Morgan fingerprint density at radius 2 is 1.71 bits per heavy atom. The fraction of sp³-hybridized carbons (Fsp3) is 0.467. The van der Waals surface area contributed by atoms with Crippen molar-refractivity contribution in [2.75, 3.05) is 14.1 Å². The van der Waals surface area contributed by atoms with Crippen LogP contribution in [0.5, 0.6) is 0 Å². The van der Waals surface area contributed by atoms with Crippen LogP contribution in [-0.4, -0.2) is 36.9 Å². The molecule has 1 aromatic carbocycles. The predicted octanol–water partition coefficient (Wildman–Crippen LogP) is 1.41. The van der Waals surface area contributed by atoms with Crippen LogP contribution in [0.3, 0.4) is 0 Å². The van der Waals surface area contributed by atoms with Gasteiger partial charge in [-0.1, -0.05) is 26.0 Å². The van der Waals surface area contributed by atoms with Crippen molar-refractivity contribution in [1.29, 1.82) is 0 Å². The average Bonchev–Trinajstić information content (AvgIpc) is 2.43. The molecule has 0 saturated carbocycles. The summed E-state index contributed by atoms with van der Waals surface area (Å²) in [6.07, 6.45) is 0. The number of nitrogens with two attached hydrogens (primary N) is 1. The van der Waals surface area contributed by atoms with Gasteiger partial charge in [0.25, 0.3) is 5.91 Å². The average molecular weight is 314 g/mol. The maximum Gasteiger partial charge on any atom is 0.253 e. The number of hydrogen-bond acceptors (Lipinski definition) is 3. The lowest BCUT2D eigenvalue weighted by molar-refractivity contribution is -0.123. The molecule has 118 valence electrons. The largest absolute Gasteiger partial charge is 0.351 e. The second-order valence-electron chi connectivity index (χ2n) is 5.38. The Labute approximate surface area is 132 Å². The number of carbonyl (C=O) groups is 2. The summed E-state index contributed by atoms with van der Waals surface area (Å²) >= 11 is 0. The molecule has 0 aromatic heterocycles. The molecule has 3 N–H and O–H groups in total. The third-order valence-electron chi connectivity index (χ3n) is 3.09. The van der Waals surface area contributed by atoms with E-state index in [2.05, 4.69) is 5.32 Å². The van der Waals surface area contributed by atoms with Gasteiger partial charge in [0.15, 0.2) is 0 Å². The van der Waals surface area contributed by atoms with E-state index in [-0.39, 0.29) is 30.1 Å². The summed E-state index contributed by atoms with van der Waals surface area (Å²) in [6, 6.07) is 6.68. The molecular formula is C15H24ClN3O2. The van der Waals surface area contributed by atoms with Crippen LogP contribution in [0.2, 0.25) is 0 Å². The number of hydrogen-bond donors (Lipinski definition) is 2. The van der Waals surface area contributed by atoms with Crippen molar-refractivity contribution in [1.82, 2.24) is 10.2 Å². The highest BCUT2D eigenvalue weighted by Gasteiger charge is 2.16. The van der Waals surface area contributed by atoms with Crippen molar-refractivity contribution >= 4 is 24.2 Å². The second-order valence-corrected chi connectivity index (χ2v) is 5.38. The molecule has 0 radical (unpaired) electrons. The van der Waals surface area contributed by atoms with E-state index < -0.39 is 6.04 Å². The van der Waals surface area contributed by atoms with E-state index in [0.29, 0.717) is 12.1 Å². The summed E-state index contributed by atoms with van der Waals surface area (Å²) in [5, 5.41) is 2.79. The molecule has 0 aliphatic carbocycles. The number of amides is 2. The van der Waals surface area contributed by atoms with E-state index in [1.807, 2.05) is 26.0 Å². The van der Waals surface area contributed by atoms with Gasteiger partial charge in [-0.05, 0) is 23.6 Å². The standard InChI is InChI=1S/C15H23N3O2.ClH/c1-10(2)13(16)14(19)17-9-11-5-7-12(8-6-11)15(20)18(3)4;/h5-8,10,13H,9,16H2,1-4H3,(H,17,19);1H/t13-;/m0./s1. The molecule has 0 bridgehead atoms. The molecule has 0 heterocycles. The van der Waals surface area contributed by atoms with Crippen molar-refractivity contribution in [3.8, 4) is 0 Å². The first kappa shape index (κ1) is 19.4. The molecule has 21 heavy (non-hydrogen) atoms. The highest BCUT2D eigenvalue weighted by molar-refractivity contribution is 5.93. The fourth-order valence-electron chi connectivity index (χ4n) is 1.63. The van der Waals surface area contributed by atoms with Crippen LogP contribution in [0.15, 0.2) is 24.3 Å². The third kappa shape index (κ3) is 5.73. The van der Waals surface area contributed by atoms with Crippen LogP contribution < -0.4 is 11.1 Å². The van der Waals surface area contributed by atoms with Crippen LogP contribution in [0, 0.1) is 5.92 Å². The zero-order valence-corrected chi connectivity index (χ0v) is 13.7. The quantitative estimate of drug-likeness (QED) is 0.863. The van der Waals surface area contributed by atoms with Gasteiger partial charge >= 0.3 is 0 Å². The molecule has 0 fully saturated rings. The Kier molecular flexibility index (Phi) is 7.99. The van der Waals surface area contributed by atoms with Crippen LogP contribution >= 0.6 is 12.4 Å². The first-order valence-electron chi connectivity index (χ1n) is 6.66. The minimum atomic E-state index is -0.496. The lowest BCUT2D eigenvalue weighted by Crippen LogP contribution is -2.43. The van der Waals surface area contributed by atoms with Crippen molar-refractivity contribution in [3.05, 3.63) is 35.4 Å². The Morgan fingerprint density at radius 3 is 2.14 bits per heavy atom. The first-order chi connectivity index (χ1) is 9.32. The number of nitrogens with zero attached hydrogens (tertiary/aromatic N) is 1. The van der Waals surface area contributed by atoms with Crippen LogP contribution in [0.4, 0.5) is 0 Å². The van der Waals surface area contributed by atoms with E-state index in [9.17, 15) is 9.59 Å². The Morgan fingerprint density at radius 1 is 1.19 bits per heavy atom. The van der Waals surface area contributed by atoms with Gasteiger partial charge in [0, 0.05) is 26.2 Å². The number of nitrogens with one attached hydrogen (secondary N) is 1. The summed E-state index contributed by atoms with van der Waals surface area (Å²) in [5.74, 6) is -0.0917. The Balaban J connectivity index is 0.00000400. The smallest absolute Gasteiger partial charge is 0.253 e. The molecular weight excluding hydrogens is 290 g/mol. The maximum absolute atomic E-state index is 11.7. The molecule has 1 rings (SSSR count). The van der Waals surface area contributed by atoms with Gasteiger partial charge in [0.1, 0.15) is 0 Å². The van der Waals surface area contributed by atoms with Gasteiger partial charge in [-0.2, -0.15) is 0 Å². The molecule has 5 nitrogen and oxygen atoms in total. The van der Waals surface area contributed by atoms with Crippen LogP contribution in [0.25, 0.3) is 0 Å². The van der Waals surface area contributed by atoms with Gasteiger partial charge < -0.3 is 16.0 Å². The van der Waals surface area contributed by atoms with Gasteiger partial charge in [-0.3, -0.25) is 9.59 Å². The molecule has 0 saturated heterocycles. The summed E-state index contributed by atoms with van der Waals surface area (Å²) in [6.45, 7) is 4.23. The highest BCUT2D eigenvalue weighted by Crippen LogP contribution is 2.07. The zero-order valence-electron chi connectivity index (χ0n) is 12.9. The number of halogens is 1. The van der Waals surface area contributed by atoms with Crippen LogP contribution in [-0.2, 0) is 11.3 Å².